The summed E-state index contributed by atoms with van der Waals surface area (Å²) >= 11 is 0. The van der Waals surface area contributed by atoms with E-state index in [9.17, 15) is 0 Å². The van der Waals surface area contributed by atoms with Gasteiger partial charge in [-0.1, -0.05) is 0 Å². The Bertz CT molecular complexity index is 539. The largest absolute Gasteiger partial charge is 0.397 e. The molecule has 0 bridgehead atoms. The summed E-state index contributed by atoms with van der Waals surface area (Å²) in [6.07, 6.45) is 5.52. The van der Waals surface area contributed by atoms with Gasteiger partial charge < -0.3 is 20.1 Å². The lowest BCUT2D eigenvalue weighted by molar-refractivity contribution is 0.625. The molecule has 0 aliphatic carbocycles. The van der Waals surface area contributed by atoms with E-state index in [1.807, 2.05) is 31.6 Å². The van der Waals surface area contributed by atoms with Crippen LogP contribution in [0, 0.1) is 0 Å². The summed E-state index contributed by atoms with van der Waals surface area (Å²) in [5.74, 6) is 2.03. The highest BCUT2D eigenvalue weighted by molar-refractivity contribution is 5.47. The number of hydrogen-bond acceptors (Lipinski definition) is 5. The van der Waals surface area contributed by atoms with Crippen LogP contribution in [0.2, 0.25) is 0 Å². The number of aryl methyl sites for hydroxylation is 1. The molecule has 0 aromatic carbocycles. The van der Waals surface area contributed by atoms with Crippen molar-refractivity contribution in [3.8, 4) is 0 Å². The van der Waals surface area contributed by atoms with E-state index >= 15 is 0 Å². The molecule has 0 unspecified atom stereocenters. The van der Waals surface area contributed by atoms with Gasteiger partial charge in [-0.15, -0.1) is 0 Å². The summed E-state index contributed by atoms with van der Waals surface area (Å²) in [5, 5.41) is 0. The fourth-order valence-electron chi connectivity index (χ4n) is 2.38. The van der Waals surface area contributed by atoms with Crippen LogP contribution in [0.3, 0.4) is 0 Å². The van der Waals surface area contributed by atoms with Crippen molar-refractivity contribution in [2.45, 2.75) is 0 Å². The Hall–Kier alpha value is -2.24. The normalized spacial score (nSPS) is 15.8. The number of nitrogen functional groups attached to an aromatic ring is 1. The van der Waals surface area contributed by atoms with Gasteiger partial charge >= 0.3 is 0 Å². The van der Waals surface area contributed by atoms with E-state index < -0.39 is 0 Å². The third kappa shape index (κ3) is 2.33. The lowest BCUT2D eigenvalue weighted by atomic mass is 10.3. The predicted octanol–water partition coefficient (Wildman–Crippen LogP) is 0.724. The van der Waals surface area contributed by atoms with Crippen LogP contribution in [-0.4, -0.2) is 40.7 Å². The second kappa shape index (κ2) is 4.79. The minimum atomic E-state index is 0.704. The van der Waals surface area contributed by atoms with Crippen LogP contribution >= 0.6 is 0 Å². The molecule has 0 spiro atoms. The molecule has 2 aromatic rings. The minimum absolute atomic E-state index is 0.704. The monoisotopic (exact) mass is 258 g/mol. The highest BCUT2D eigenvalue weighted by atomic mass is 15.4. The fourth-order valence-corrected chi connectivity index (χ4v) is 2.38. The SMILES string of the molecule is Cn1ccnc1N1CCN(c2ccc(N)cn2)CC1. The van der Waals surface area contributed by atoms with Crippen molar-refractivity contribution >= 4 is 17.5 Å². The first-order valence-electron chi connectivity index (χ1n) is 6.43. The maximum absolute atomic E-state index is 5.66. The number of hydrogen-bond donors (Lipinski definition) is 1. The first-order valence-corrected chi connectivity index (χ1v) is 6.43. The van der Waals surface area contributed by atoms with Crippen LogP contribution in [0.1, 0.15) is 0 Å². The molecule has 1 aliphatic heterocycles. The van der Waals surface area contributed by atoms with Crippen LogP contribution in [0.4, 0.5) is 17.5 Å². The summed E-state index contributed by atoms with van der Waals surface area (Å²) in [7, 11) is 2.02. The van der Waals surface area contributed by atoms with E-state index in [1.54, 1.807) is 6.20 Å². The third-order valence-corrected chi connectivity index (χ3v) is 3.45. The number of imidazole rings is 1. The molecule has 100 valence electrons. The molecule has 3 heterocycles. The van der Waals surface area contributed by atoms with Gasteiger partial charge in [0.1, 0.15) is 5.82 Å². The Labute approximate surface area is 112 Å². The Kier molecular flexibility index (Phi) is 2.98. The topological polar surface area (TPSA) is 63.2 Å². The maximum atomic E-state index is 5.66. The van der Waals surface area contributed by atoms with E-state index in [4.69, 9.17) is 5.73 Å². The maximum Gasteiger partial charge on any atom is 0.205 e. The van der Waals surface area contributed by atoms with Crippen molar-refractivity contribution in [1.82, 2.24) is 14.5 Å². The Morgan fingerprint density at radius 2 is 1.79 bits per heavy atom. The van der Waals surface area contributed by atoms with Crippen LogP contribution in [0.15, 0.2) is 30.7 Å². The summed E-state index contributed by atoms with van der Waals surface area (Å²) in [4.78, 5) is 13.3. The van der Waals surface area contributed by atoms with Gasteiger partial charge in [-0.25, -0.2) is 9.97 Å². The molecule has 1 saturated heterocycles. The van der Waals surface area contributed by atoms with Crippen LogP contribution in [-0.2, 0) is 7.05 Å². The van der Waals surface area contributed by atoms with E-state index in [0.717, 1.165) is 37.9 Å². The molecule has 2 aromatic heterocycles. The predicted molar refractivity (Wildman–Crippen MR) is 76.3 cm³/mol. The number of nitrogens with zero attached hydrogens (tertiary/aromatic N) is 5. The Morgan fingerprint density at radius 3 is 2.37 bits per heavy atom. The standard InChI is InChI=1S/C13H18N6/c1-17-5-4-15-13(17)19-8-6-18(7-9-19)12-3-2-11(14)10-16-12/h2-5,10H,6-9,14H2,1H3. The van der Waals surface area contributed by atoms with Crippen molar-refractivity contribution in [3.05, 3.63) is 30.7 Å². The molecule has 19 heavy (non-hydrogen) atoms. The number of rotatable bonds is 2. The summed E-state index contributed by atoms with van der Waals surface area (Å²) in [6.45, 7) is 3.81. The number of aromatic nitrogens is 3. The smallest absolute Gasteiger partial charge is 0.205 e. The molecular weight excluding hydrogens is 240 g/mol. The fraction of sp³-hybridized carbons (Fsp3) is 0.385. The van der Waals surface area contributed by atoms with Crippen LogP contribution in [0.25, 0.3) is 0 Å². The number of nitrogens with two attached hydrogens (primary N) is 1. The second-order valence-electron chi connectivity index (χ2n) is 4.76. The molecule has 0 amide bonds. The average Bonchev–Trinajstić information content (AvgIpc) is 2.86. The van der Waals surface area contributed by atoms with E-state index in [2.05, 4.69) is 24.3 Å². The van der Waals surface area contributed by atoms with Crippen molar-refractivity contribution in [2.24, 2.45) is 7.05 Å². The summed E-state index contributed by atoms with van der Waals surface area (Å²) < 4.78 is 2.05. The molecule has 0 atom stereocenters. The third-order valence-electron chi connectivity index (χ3n) is 3.45. The van der Waals surface area contributed by atoms with Gasteiger partial charge in [0.2, 0.25) is 5.95 Å². The number of piperazine rings is 1. The molecule has 0 radical (unpaired) electrons. The first-order chi connectivity index (χ1) is 9.24. The number of pyridine rings is 1. The van der Waals surface area contributed by atoms with Gasteiger partial charge in [-0.3, -0.25) is 0 Å². The van der Waals surface area contributed by atoms with Gasteiger partial charge in [0.15, 0.2) is 0 Å². The van der Waals surface area contributed by atoms with Crippen molar-refractivity contribution in [1.29, 1.82) is 0 Å². The summed E-state index contributed by atoms with van der Waals surface area (Å²) in [6, 6.07) is 3.87. The van der Waals surface area contributed by atoms with Crippen molar-refractivity contribution in [2.75, 3.05) is 41.7 Å². The highest BCUT2D eigenvalue weighted by Gasteiger charge is 2.20. The second-order valence-corrected chi connectivity index (χ2v) is 4.76. The summed E-state index contributed by atoms with van der Waals surface area (Å²) in [5.41, 5.74) is 6.36. The quantitative estimate of drug-likeness (QED) is 0.860. The van der Waals surface area contributed by atoms with Gasteiger partial charge in [-0.2, -0.15) is 0 Å². The van der Waals surface area contributed by atoms with E-state index in [0.29, 0.717) is 5.69 Å². The molecular formula is C13H18N6. The zero-order valence-corrected chi connectivity index (χ0v) is 11.0. The first kappa shape index (κ1) is 11.8. The van der Waals surface area contributed by atoms with Gasteiger partial charge in [0.05, 0.1) is 11.9 Å². The molecule has 6 heteroatoms. The van der Waals surface area contributed by atoms with E-state index in [-0.39, 0.29) is 0 Å². The molecule has 1 aliphatic rings. The molecule has 6 nitrogen and oxygen atoms in total. The van der Waals surface area contributed by atoms with Crippen LogP contribution < -0.4 is 15.5 Å². The minimum Gasteiger partial charge on any atom is -0.397 e. The molecule has 1 fully saturated rings. The lowest BCUT2D eigenvalue weighted by Gasteiger charge is -2.35. The highest BCUT2D eigenvalue weighted by Crippen LogP contribution is 2.17. The molecule has 0 saturated carbocycles. The average molecular weight is 258 g/mol. The van der Waals surface area contributed by atoms with Crippen molar-refractivity contribution < 1.29 is 0 Å². The number of anilines is 3. The lowest BCUT2D eigenvalue weighted by Crippen LogP contribution is -2.47. The molecule has 2 N–H and O–H groups in total. The Balaban J connectivity index is 1.66. The van der Waals surface area contributed by atoms with E-state index in [1.165, 1.54) is 0 Å². The van der Waals surface area contributed by atoms with Gasteiger partial charge in [-0.05, 0) is 12.1 Å². The Morgan fingerprint density at radius 1 is 1.05 bits per heavy atom. The zero-order chi connectivity index (χ0) is 13.2. The van der Waals surface area contributed by atoms with Gasteiger partial charge in [0, 0.05) is 45.6 Å². The molecule has 3 rings (SSSR count). The zero-order valence-electron chi connectivity index (χ0n) is 11.0. The van der Waals surface area contributed by atoms with Crippen LogP contribution in [0.5, 0.6) is 0 Å². The van der Waals surface area contributed by atoms with Gasteiger partial charge in [0.25, 0.3) is 0 Å². The van der Waals surface area contributed by atoms with Crippen molar-refractivity contribution in [3.63, 3.8) is 0 Å².